The van der Waals surface area contributed by atoms with Crippen LogP contribution in [0, 0.1) is 16.7 Å². The molecule has 2 bridgehead atoms. The number of ketones is 1. The first-order chi connectivity index (χ1) is 15.7. The molecule has 2 saturated carbocycles. The molecule has 7 nitrogen and oxygen atoms in total. The summed E-state index contributed by atoms with van der Waals surface area (Å²) < 4.78 is 40.4. The molecule has 0 N–H and O–H groups in total. The van der Waals surface area contributed by atoms with Gasteiger partial charge in [-0.15, -0.1) is 0 Å². The van der Waals surface area contributed by atoms with Gasteiger partial charge in [-0.25, -0.2) is 8.42 Å². The van der Waals surface area contributed by atoms with Crippen LogP contribution in [0.5, 0.6) is 11.5 Å². The van der Waals surface area contributed by atoms with Crippen LogP contribution in [-0.2, 0) is 21.4 Å². The van der Waals surface area contributed by atoms with Gasteiger partial charge in [-0.3, -0.25) is 9.78 Å². The van der Waals surface area contributed by atoms with Gasteiger partial charge in [0.05, 0.1) is 12.9 Å². The van der Waals surface area contributed by atoms with Crippen LogP contribution in [-0.4, -0.2) is 49.5 Å². The third-order valence-electron chi connectivity index (χ3n) is 8.24. The molecule has 0 unspecified atom stereocenters. The van der Waals surface area contributed by atoms with Crippen LogP contribution < -0.4 is 9.47 Å². The van der Waals surface area contributed by atoms with E-state index >= 15 is 0 Å². The molecule has 0 amide bonds. The zero-order valence-electron chi connectivity index (χ0n) is 19.3. The highest BCUT2D eigenvalue weighted by Crippen LogP contribution is 2.64. The average Bonchev–Trinajstić information content (AvgIpc) is 3.03. The number of nitrogens with zero attached hydrogens (tertiary/aromatic N) is 2. The molecule has 1 aromatic carbocycles. The van der Waals surface area contributed by atoms with Gasteiger partial charge in [-0.2, -0.15) is 4.31 Å². The number of benzene rings is 1. The Labute approximate surface area is 195 Å². The molecule has 2 atom stereocenters. The van der Waals surface area contributed by atoms with E-state index in [0.717, 1.165) is 23.1 Å². The minimum absolute atomic E-state index is 0.110. The number of aromatic nitrogens is 1. The summed E-state index contributed by atoms with van der Waals surface area (Å²) in [6.07, 6.45) is 5.55. The standard InChI is InChI=1S/C25H30N2O5S/c1-24(2)20-6-7-25(24,22(28)13-20)16-33(29,30)27-9-10-32-23-19(15-27)11-18(12-21(23)31-3)17-5-4-8-26-14-17/h4-5,8,11-12,14,20H,6-7,9-10,13,15-16H2,1-3H3/t20-,25-/m1/s1. The van der Waals surface area contributed by atoms with Crippen molar-refractivity contribution in [3.63, 3.8) is 0 Å². The molecule has 2 aromatic rings. The van der Waals surface area contributed by atoms with Crippen LogP contribution >= 0.6 is 0 Å². The second-order valence-corrected chi connectivity index (χ2v) is 12.0. The van der Waals surface area contributed by atoms with E-state index in [0.29, 0.717) is 24.3 Å². The Morgan fingerprint density at radius 2 is 2.09 bits per heavy atom. The molecular weight excluding hydrogens is 440 g/mol. The maximum atomic E-state index is 13.7. The molecule has 0 spiro atoms. The zero-order valence-corrected chi connectivity index (χ0v) is 20.2. The van der Waals surface area contributed by atoms with Gasteiger partial charge in [0.2, 0.25) is 10.0 Å². The van der Waals surface area contributed by atoms with Crippen molar-refractivity contribution in [2.75, 3.05) is 26.0 Å². The number of methoxy groups -OCH3 is 1. The summed E-state index contributed by atoms with van der Waals surface area (Å²) in [5, 5.41) is 0. The van der Waals surface area contributed by atoms with Crippen molar-refractivity contribution < 1.29 is 22.7 Å². The number of rotatable bonds is 5. The fourth-order valence-corrected chi connectivity index (χ4v) is 8.23. The van der Waals surface area contributed by atoms with Gasteiger partial charge in [0.1, 0.15) is 12.4 Å². The number of Topliss-reactive ketones (excluding diaryl/α,β-unsaturated/α-hetero) is 1. The minimum atomic E-state index is -3.70. The lowest BCUT2D eigenvalue weighted by Gasteiger charge is -2.37. The van der Waals surface area contributed by atoms with Crippen LogP contribution in [0.1, 0.15) is 38.7 Å². The Morgan fingerprint density at radius 3 is 2.73 bits per heavy atom. The van der Waals surface area contributed by atoms with Crippen LogP contribution in [0.15, 0.2) is 36.7 Å². The maximum Gasteiger partial charge on any atom is 0.215 e. The molecule has 0 saturated heterocycles. The first-order valence-electron chi connectivity index (χ1n) is 11.4. The van der Waals surface area contributed by atoms with Crippen LogP contribution in [0.25, 0.3) is 11.1 Å². The number of hydrogen-bond acceptors (Lipinski definition) is 6. The molecule has 2 aliphatic carbocycles. The van der Waals surface area contributed by atoms with Crippen LogP contribution in [0.4, 0.5) is 0 Å². The van der Waals surface area contributed by atoms with Crippen molar-refractivity contribution in [2.24, 2.45) is 16.7 Å². The summed E-state index contributed by atoms with van der Waals surface area (Å²) in [5.74, 6) is 1.39. The third-order valence-corrected chi connectivity index (χ3v) is 10.2. The van der Waals surface area contributed by atoms with Gasteiger partial charge in [0.25, 0.3) is 0 Å². The molecule has 33 heavy (non-hydrogen) atoms. The van der Waals surface area contributed by atoms with E-state index in [2.05, 4.69) is 18.8 Å². The highest BCUT2D eigenvalue weighted by Gasteiger charge is 2.65. The van der Waals surface area contributed by atoms with Gasteiger partial charge >= 0.3 is 0 Å². The lowest BCUT2D eigenvalue weighted by atomic mass is 9.70. The summed E-state index contributed by atoms with van der Waals surface area (Å²) in [5.41, 5.74) is 1.45. The van der Waals surface area contributed by atoms with Crippen molar-refractivity contribution in [2.45, 2.75) is 39.7 Å². The van der Waals surface area contributed by atoms with Crippen molar-refractivity contribution in [1.29, 1.82) is 0 Å². The average molecular weight is 471 g/mol. The highest BCUT2D eigenvalue weighted by atomic mass is 32.2. The second kappa shape index (κ2) is 7.81. The number of fused-ring (bicyclic) bond motifs is 3. The Kier molecular flexibility index (Phi) is 5.29. The Morgan fingerprint density at radius 1 is 1.27 bits per heavy atom. The summed E-state index contributed by atoms with van der Waals surface area (Å²) in [6.45, 7) is 4.77. The number of sulfonamides is 1. The van der Waals surface area contributed by atoms with E-state index in [1.807, 2.05) is 24.3 Å². The number of hydrogen-bond donors (Lipinski definition) is 0. The van der Waals surface area contributed by atoms with E-state index in [-0.39, 0.29) is 42.6 Å². The number of ether oxygens (including phenoxy) is 2. The third kappa shape index (κ3) is 3.46. The molecule has 1 aromatic heterocycles. The van der Waals surface area contributed by atoms with Gasteiger partial charge in [0, 0.05) is 48.4 Å². The summed E-state index contributed by atoms with van der Waals surface area (Å²) in [4.78, 5) is 17.1. The van der Waals surface area contributed by atoms with Crippen LogP contribution in [0.2, 0.25) is 0 Å². The largest absolute Gasteiger partial charge is 0.493 e. The Hall–Kier alpha value is -2.45. The topological polar surface area (TPSA) is 85.8 Å². The first kappa shape index (κ1) is 22.3. The molecule has 2 heterocycles. The minimum Gasteiger partial charge on any atom is -0.493 e. The van der Waals surface area contributed by atoms with Gasteiger partial charge in [0.15, 0.2) is 11.5 Å². The number of pyridine rings is 1. The molecule has 8 heteroatoms. The first-order valence-corrected chi connectivity index (χ1v) is 13.0. The normalized spacial score (nSPS) is 26.5. The second-order valence-electron chi connectivity index (χ2n) is 10.0. The summed E-state index contributed by atoms with van der Waals surface area (Å²) >= 11 is 0. The van der Waals surface area contributed by atoms with E-state index in [4.69, 9.17) is 9.47 Å². The maximum absolute atomic E-state index is 13.7. The number of carbonyl (C=O) groups is 1. The fraction of sp³-hybridized carbons (Fsp3) is 0.520. The Bertz CT molecular complexity index is 1190. The smallest absolute Gasteiger partial charge is 0.215 e. The van der Waals surface area contributed by atoms with Gasteiger partial charge in [-0.1, -0.05) is 19.9 Å². The predicted molar refractivity (Wildman–Crippen MR) is 124 cm³/mol. The van der Waals surface area contributed by atoms with E-state index in [1.165, 1.54) is 4.31 Å². The van der Waals surface area contributed by atoms with Gasteiger partial charge < -0.3 is 9.47 Å². The molecule has 5 rings (SSSR count). The Balaban J connectivity index is 1.49. The molecule has 1 aliphatic heterocycles. The number of carbonyl (C=O) groups excluding carboxylic acids is 1. The highest BCUT2D eigenvalue weighted by molar-refractivity contribution is 7.89. The van der Waals surface area contributed by atoms with E-state index in [1.54, 1.807) is 19.5 Å². The summed E-state index contributed by atoms with van der Waals surface area (Å²) in [6, 6.07) is 7.63. The quantitative estimate of drug-likeness (QED) is 0.663. The lowest BCUT2D eigenvalue weighted by molar-refractivity contribution is -0.128. The summed E-state index contributed by atoms with van der Waals surface area (Å²) in [7, 11) is -2.12. The SMILES string of the molecule is COc1cc(-c2cccnc2)cc2c1OCCN(S(=O)(=O)C[C@]13CC[C@H](CC1=O)C3(C)C)C2. The van der Waals surface area contributed by atoms with Crippen LogP contribution in [0.3, 0.4) is 0 Å². The van der Waals surface area contributed by atoms with E-state index in [9.17, 15) is 13.2 Å². The predicted octanol–water partition coefficient (Wildman–Crippen LogP) is 3.68. The molecule has 3 aliphatic rings. The van der Waals surface area contributed by atoms with Crippen molar-refractivity contribution >= 4 is 15.8 Å². The van der Waals surface area contributed by atoms with E-state index < -0.39 is 15.4 Å². The molecule has 0 radical (unpaired) electrons. The molecule has 176 valence electrons. The lowest BCUT2D eigenvalue weighted by Crippen LogP contribution is -2.46. The zero-order chi connectivity index (χ0) is 23.4. The van der Waals surface area contributed by atoms with Crippen molar-refractivity contribution in [1.82, 2.24) is 9.29 Å². The fourth-order valence-electron chi connectivity index (χ4n) is 6.06. The van der Waals surface area contributed by atoms with Gasteiger partial charge in [-0.05, 0) is 47.9 Å². The van der Waals surface area contributed by atoms with Crippen molar-refractivity contribution in [3.8, 4) is 22.6 Å². The monoisotopic (exact) mass is 470 g/mol. The van der Waals surface area contributed by atoms with Crippen molar-refractivity contribution in [3.05, 3.63) is 42.2 Å². The molecular formula is C25H30N2O5S. The molecule has 2 fully saturated rings.